The van der Waals surface area contributed by atoms with Gasteiger partial charge >= 0.3 is 0 Å². The van der Waals surface area contributed by atoms with E-state index in [2.05, 4.69) is 62.0 Å². The molecule has 4 heteroatoms. The minimum Gasteiger partial charge on any atom is -0.249 e. The number of nitrogens with zero attached hydrogens (tertiary/aromatic N) is 4. The van der Waals surface area contributed by atoms with Crippen LogP contribution in [0.4, 0.5) is 0 Å². The van der Waals surface area contributed by atoms with Gasteiger partial charge in [0, 0.05) is 12.3 Å². The van der Waals surface area contributed by atoms with Gasteiger partial charge in [-0.15, -0.1) is 0 Å². The van der Waals surface area contributed by atoms with E-state index in [1.165, 1.54) is 33.6 Å². The highest BCUT2D eigenvalue weighted by Crippen LogP contribution is 2.33. The second-order valence-corrected chi connectivity index (χ2v) is 5.35. The Labute approximate surface area is 115 Å². The molecule has 1 aromatic carbocycles. The quantitative estimate of drug-likeness (QED) is 0.392. The van der Waals surface area contributed by atoms with Crippen LogP contribution in [0.15, 0.2) is 48.9 Å². The fourth-order valence-corrected chi connectivity index (χ4v) is 3.45. The number of hydrogen-bond acceptors (Lipinski definition) is 1. The summed E-state index contributed by atoms with van der Waals surface area (Å²) in [6.07, 6.45) is 3.73. The number of aryl methyl sites for hydroxylation is 1. The predicted octanol–water partition coefficient (Wildman–Crippen LogP) is 2.14. The molecule has 1 aliphatic rings. The first kappa shape index (κ1) is 10.2. The monoisotopic (exact) mass is 261 g/mol. The Balaban J connectivity index is 1.98. The smallest absolute Gasteiger partial charge is 0.249 e. The van der Waals surface area contributed by atoms with Crippen LogP contribution in [-0.2, 0) is 13.6 Å². The van der Waals surface area contributed by atoms with Crippen LogP contribution in [0, 0.1) is 0 Å². The van der Waals surface area contributed by atoms with Crippen molar-refractivity contribution in [2.45, 2.75) is 6.54 Å². The number of rotatable bonds is 0. The highest BCUT2D eigenvalue weighted by atomic mass is 15.2. The summed E-state index contributed by atoms with van der Waals surface area (Å²) >= 11 is 0. The maximum absolute atomic E-state index is 4.24. The summed E-state index contributed by atoms with van der Waals surface area (Å²) in [7, 11) is 2.13. The second kappa shape index (κ2) is 3.28. The molecule has 20 heavy (non-hydrogen) atoms. The van der Waals surface area contributed by atoms with E-state index in [9.17, 15) is 0 Å². The van der Waals surface area contributed by atoms with Gasteiger partial charge in [0.25, 0.3) is 5.65 Å². The fraction of sp³-hybridized carbons (Fsp3) is 0.125. The molecular weight excluding hydrogens is 248 g/mol. The lowest BCUT2D eigenvalue weighted by molar-refractivity contribution is -0.636. The minimum absolute atomic E-state index is 0.952. The summed E-state index contributed by atoms with van der Waals surface area (Å²) in [6, 6.07) is 12.9. The molecule has 4 heterocycles. The zero-order valence-corrected chi connectivity index (χ0v) is 11.1. The molecule has 1 aliphatic heterocycles. The van der Waals surface area contributed by atoms with Crippen molar-refractivity contribution in [3.63, 3.8) is 0 Å². The van der Waals surface area contributed by atoms with Crippen LogP contribution in [0.25, 0.3) is 28.1 Å². The van der Waals surface area contributed by atoms with Crippen LogP contribution < -0.4 is 4.57 Å². The van der Waals surface area contributed by atoms with Crippen molar-refractivity contribution in [1.82, 2.24) is 14.0 Å². The topological polar surface area (TPSA) is 26.1 Å². The molecule has 0 aliphatic carbocycles. The van der Waals surface area contributed by atoms with Gasteiger partial charge in [0.2, 0.25) is 5.82 Å². The Morgan fingerprint density at radius 2 is 2.10 bits per heavy atom. The maximum atomic E-state index is 4.24. The molecule has 0 radical (unpaired) electrons. The third kappa shape index (κ3) is 1.04. The van der Waals surface area contributed by atoms with Gasteiger partial charge < -0.3 is 0 Å². The van der Waals surface area contributed by atoms with Gasteiger partial charge in [0.05, 0.1) is 19.2 Å². The van der Waals surface area contributed by atoms with Crippen LogP contribution in [0.5, 0.6) is 0 Å². The standard InChI is InChI=1S/C16H13N4/c1-18-15-13-5-3-2-4-11(13)9-19(15)14-8-12-6-7-17-10-20(12)16(14)18/h2-8,10H,9H2,1H3/q+1. The fourth-order valence-electron chi connectivity index (χ4n) is 3.45. The van der Waals surface area contributed by atoms with Crippen molar-refractivity contribution in [3.05, 3.63) is 54.5 Å². The minimum atomic E-state index is 0.952. The summed E-state index contributed by atoms with van der Waals surface area (Å²) in [5, 5.41) is 0. The van der Waals surface area contributed by atoms with Crippen LogP contribution in [0.1, 0.15) is 5.56 Å². The normalized spacial score (nSPS) is 13.1. The van der Waals surface area contributed by atoms with E-state index in [4.69, 9.17) is 0 Å². The van der Waals surface area contributed by atoms with Gasteiger partial charge in [-0.3, -0.25) is 0 Å². The van der Waals surface area contributed by atoms with Crippen molar-refractivity contribution in [2.24, 2.45) is 7.05 Å². The highest BCUT2D eigenvalue weighted by Gasteiger charge is 2.32. The Hall–Kier alpha value is -2.62. The second-order valence-electron chi connectivity index (χ2n) is 5.35. The van der Waals surface area contributed by atoms with E-state index in [1.54, 1.807) is 0 Å². The lowest BCUT2D eigenvalue weighted by Crippen LogP contribution is -2.30. The van der Waals surface area contributed by atoms with Gasteiger partial charge in [-0.1, -0.05) is 18.2 Å². The number of fused-ring (bicyclic) bond motifs is 7. The van der Waals surface area contributed by atoms with Gasteiger partial charge in [-0.2, -0.15) is 0 Å². The molecule has 5 rings (SSSR count). The molecule has 0 amide bonds. The van der Waals surface area contributed by atoms with Crippen LogP contribution in [-0.4, -0.2) is 14.0 Å². The van der Waals surface area contributed by atoms with Gasteiger partial charge in [-0.05, 0) is 17.7 Å². The van der Waals surface area contributed by atoms with Gasteiger partial charge in [0.15, 0.2) is 11.8 Å². The lowest BCUT2D eigenvalue weighted by Gasteiger charge is -1.97. The van der Waals surface area contributed by atoms with Crippen molar-refractivity contribution < 1.29 is 4.57 Å². The van der Waals surface area contributed by atoms with E-state index >= 15 is 0 Å². The van der Waals surface area contributed by atoms with Gasteiger partial charge in [-0.25, -0.2) is 18.5 Å². The first-order valence-corrected chi connectivity index (χ1v) is 6.76. The Kier molecular flexibility index (Phi) is 1.67. The molecule has 96 valence electrons. The summed E-state index contributed by atoms with van der Waals surface area (Å²) in [6.45, 7) is 0.952. The van der Waals surface area contributed by atoms with Crippen LogP contribution >= 0.6 is 0 Å². The molecule has 0 unspecified atom stereocenters. The summed E-state index contributed by atoms with van der Waals surface area (Å²) in [5.41, 5.74) is 6.40. The lowest BCUT2D eigenvalue weighted by atomic mass is 10.1. The number of benzene rings is 1. The van der Waals surface area contributed by atoms with E-state index in [0.29, 0.717) is 0 Å². The molecule has 4 aromatic rings. The Morgan fingerprint density at radius 3 is 3.05 bits per heavy atom. The maximum Gasteiger partial charge on any atom is 0.274 e. The highest BCUT2D eigenvalue weighted by molar-refractivity contribution is 5.83. The van der Waals surface area contributed by atoms with Crippen molar-refractivity contribution in [1.29, 1.82) is 0 Å². The largest absolute Gasteiger partial charge is 0.274 e. The summed E-state index contributed by atoms with van der Waals surface area (Å²) < 4.78 is 6.83. The van der Waals surface area contributed by atoms with E-state index < -0.39 is 0 Å². The summed E-state index contributed by atoms with van der Waals surface area (Å²) in [5.74, 6) is 1.28. The first-order chi connectivity index (χ1) is 9.84. The van der Waals surface area contributed by atoms with Crippen molar-refractivity contribution in [3.8, 4) is 11.4 Å². The van der Waals surface area contributed by atoms with E-state index in [1.807, 2.05) is 12.5 Å². The van der Waals surface area contributed by atoms with E-state index in [0.717, 1.165) is 6.54 Å². The molecule has 0 N–H and O–H groups in total. The predicted molar refractivity (Wildman–Crippen MR) is 76.4 cm³/mol. The van der Waals surface area contributed by atoms with Crippen LogP contribution in [0.2, 0.25) is 0 Å². The third-order valence-corrected chi connectivity index (χ3v) is 4.30. The summed E-state index contributed by atoms with van der Waals surface area (Å²) in [4.78, 5) is 4.24. The zero-order chi connectivity index (χ0) is 13.3. The average Bonchev–Trinajstić information content (AvgIpc) is 3.10. The van der Waals surface area contributed by atoms with Crippen molar-refractivity contribution >= 4 is 16.7 Å². The van der Waals surface area contributed by atoms with Crippen molar-refractivity contribution in [2.75, 3.05) is 0 Å². The molecule has 4 nitrogen and oxygen atoms in total. The van der Waals surface area contributed by atoms with Gasteiger partial charge in [0.1, 0.15) is 5.52 Å². The Morgan fingerprint density at radius 1 is 1.20 bits per heavy atom. The Bertz CT molecular complexity index is 990. The molecule has 0 bridgehead atoms. The molecule has 0 atom stereocenters. The number of imidazole rings is 1. The number of aromatic nitrogens is 4. The third-order valence-electron chi connectivity index (χ3n) is 4.30. The SMILES string of the molecule is C[n+]1c2n(c3cc4ccncn4c31)Cc1ccccc1-2. The number of hydrogen-bond donors (Lipinski definition) is 0. The molecule has 3 aromatic heterocycles. The first-order valence-electron chi connectivity index (χ1n) is 6.76. The zero-order valence-electron chi connectivity index (χ0n) is 11.1. The average molecular weight is 261 g/mol. The molecular formula is C16H13N4+. The van der Waals surface area contributed by atoms with Crippen LogP contribution in [0.3, 0.4) is 0 Å². The molecule has 0 saturated carbocycles. The molecule has 0 fully saturated rings. The molecule has 0 spiro atoms. The molecule has 0 saturated heterocycles. The van der Waals surface area contributed by atoms with E-state index in [-0.39, 0.29) is 0 Å².